The zero-order valence-electron chi connectivity index (χ0n) is 12.3. The maximum atomic E-state index is 11.5. The van der Waals surface area contributed by atoms with Gasteiger partial charge in [0.1, 0.15) is 0 Å². The van der Waals surface area contributed by atoms with Crippen molar-refractivity contribution in [3.63, 3.8) is 0 Å². The predicted octanol–water partition coefficient (Wildman–Crippen LogP) is 1.03. The number of aromatic amines is 1. The van der Waals surface area contributed by atoms with Crippen molar-refractivity contribution < 1.29 is 18.3 Å². The van der Waals surface area contributed by atoms with Crippen LogP contribution in [0.2, 0.25) is 0 Å². The van der Waals surface area contributed by atoms with E-state index in [2.05, 4.69) is 25.6 Å². The van der Waals surface area contributed by atoms with Gasteiger partial charge >= 0.3 is 5.97 Å². The molecule has 0 fully saturated rings. The summed E-state index contributed by atoms with van der Waals surface area (Å²) in [6.07, 6.45) is 2.31. The monoisotopic (exact) mass is 345 g/mol. The number of carbonyl (C=O) groups is 1. The largest absolute Gasteiger partial charge is 0.478 e. The molecule has 24 heavy (non-hydrogen) atoms. The second-order valence-electron chi connectivity index (χ2n) is 4.99. The molecule has 122 valence electrons. The lowest BCUT2D eigenvalue weighted by molar-refractivity contribution is 0.0697. The number of nitrogens with one attached hydrogen (secondary N) is 1. The number of rotatable bonds is 4. The third kappa shape index (κ3) is 3.13. The first kappa shape index (κ1) is 15.7. The van der Waals surface area contributed by atoms with Gasteiger partial charge in [-0.3, -0.25) is 4.98 Å². The Kier molecular flexibility index (Phi) is 3.81. The van der Waals surface area contributed by atoms with Gasteiger partial charge in [0.15, 0.2) is 9.84 Å². The maximum absolute atomic E-state index is 11.5. The summed E-state index contributed by atoms with van der Waals surface area (Å²) in [7, 11) is -3.36. The Morgan fingerprint density at radius 2 is 1.92 bits per heavy atom. The van der Waals surface area contributed by atoms with Gasteiger partial charge in [0.25, 0.3) is 0 Å². The lowest BCUT2D eigenvalue weighted by atomic mass is 10.0. The lowest BCUT2D eigenvalue weighted by Crippen LogP contribution is -2.00. The van der Waals surface area contributed by atoms with Crippen LogP contribution >= 0.6 is 0 Å². The highest BCUT2D eigenvalue weighted by atomic mass is 32.2. The van der Waals surface area contributed by atoms with Crippen molar-refractivity contribution in [3.05, 3.63) is 42.1 Å². The molecule has 0 bridgehead atoms. The zero-order valence-corrected chi connectivity index (χ0v) is 13.1. The molecular formula is C14H11N5O4S. The van der Waals surface area contributed by atoms with Crippen LogP contribution in [0.5, 0.6) is 0 Å². The number of benzene rings is 1. The van der Waals surface area contributed by atoms with E-state index in [1.165, 1.54) is 30.5 Å². The summed E-state index contributed by atoms with van der Waals surface area (Å²) in [4.78, 5) is 15.5. The first-order valence-corrected chi connectivity index (χ1v) is 8.52. The van der Waals surface area contributed by atoms with Crippen molar-refractivity contribution in [2.24, 2.45) is 0 Å². The summed E-state index contributed by atoms with van der Waals surface area (Å²) in [5.41, 5.74) is 1.40. The number of tetrazole rings is 1. The fourth-order valence-corrected chi connectivity index (χ4v) is 2.64. The van der Waals surface area contributed by atoms with Crippen LogP contribution in [0, 0.1) is 0 Å². The minimum atomic E-state index is -3.36. The van der Waals surface area contributed by atoms with Crippen molar-refractivity contribution in [2.75, 3.05) is 6.26 Å². The van der Waals surface area contributed by atoms with Gasteiger partial charge in [0.2, 0.25) is 5.82 Å². The molecule has 10 heteroatoms. The summed E-state index contributed by atoms with van der Waals surface area (Å²) in [6, 6.07) is 7.44. The van der Waals surface area contributed by atoms with E-state index in [1.807, 2.05) is 0 Å². The molecule has 0 saturated heterocycles. The van der Waals surface area contributed by atoms with Gasteiger partial charge in [0, 0.05) is 23.6 Å². The molecule has 2 heterocycles. The number of aromatic carboxylic acids is 1. The van der Waals surface area contributed by atoms with E-state index in [9.17, 15) is 18.3 Å². The highest BCUT2D eigenvalue weighted by Gasteiger charge is 2.14. The number of nitrogens with zero attached hydrogens (tertiary/aromatic N) is 4. The van der Waals surface area contributed by atoms with E-state index in [-0.39, 0.29) is 16.3 Å². The van der Waals surface area contributed by atoms with Crippen molar-refractivity contribution in [3.8, 4) is 22.6 Å². The summed E-state index contributed by atoms with van der Waals surface area (Å²) >= 11 is 0. The second kappa shape index (κ2) is 5.81. The minimum Gasteiger partial charge on any atom is -0.478 e. The molecule has 0 aliphatic carbocycles. The number of aromatic nitrogens is 5. The molecule has 0 unspecified atom stereocenters. The molecule has 0 atom stereocenters. The molecule has 3 aromatic rings. The third-order valence-corrected chi connectivity index (χ3v) is 4.34. The van der Waals surface area contributed by atoms with E-state index in [0.717, 1.165) is 6.26 Å². The number of H-pyrrole nitrogens is 1. The highest BCUT2D eigenvalue weighted by Crippen LogP contribution is 2.26. The summed E-state index contributed by atoms with van der Waals surface area (Å²) in [5.74, 6) is -0.874. The van der Waals surface area contributed by atoms with Crippen LogP contribution in [0.15, 0.2) is 41.4 Å². The smallest absolute Gasteiger partial charge is 0.335 e. The van der Waals surface area contributed by atoms with Crippen molar-refractivity contribution >= 4 is 15.8 Å². The summed E-state index contributed by atoms with van der Waals surface area (Å²) in [5, 5.41) is 22.7. The first-order chi connectivity index (χ1) is 11.3. The first-order valence-electron chi connectivity index (χ1n) is 6.63. The molecule has 2 aromatic heterocycles. The summed E-state index contributed by atoms with van der Waals surface area (Å²) < 4.78 is 23.0. The molecule has 0 aliphatic rings. The fourth-order valence-electron chi connectivity index (χ4n) is 2.08. The van der Waals surface area contributed by atoms with E-state index in [0.29, 0.717) is 16.8 Å². The minimum absolute atomic E-state index is 0.0290. The topological polar surface area (TPSA) is 139 Å². The fraction of sp³-hybridized carbons (Fsp3) is 0.0714. The van der Waals surface area contributed by atoms with E-state index in [4.69, 9.17) is 0 Å². The third-order valence-electron chi connectivity index (χ3n) is 3.24. The van der Waals surface area contributed by atoms with Gasteiger partial charge in [-0.05, 0) is 35.5 Å². The predicted molar refractivity (Wildman–Crippen MR) is 82.9 cm³/mol. The molecule has 0 spiro atoms. The standard InChI is InChI=1S/C14H11N5O4S/c1-24(22,23)11-2-3-12(15-7-11)8-4-9(13-16-18-19-17-13)6-10(5-8)14(20)21/h2-7H,1H3,(H,20,21)(H,16,17,18,19). The quantitative estimate of drug-likeness (QED) is 0.715. The number of sulfone groups is 1. The zero-order chi connectivity index (χ0) is 17.3. The van der Waals surface area contributed by atoms with Crippen LogP contribution in [0.25, 0.3) is 22.6 Å². The van der Waals surface area contributed by atoms with Crippen molar-refractivity contribution in [1.82, 2.24) is 25.6 Å². The Bertz CT molecular complexity index is 998. The van der Waals surface area contributed by atoms with Crippen LogP contribution in [-0.2, 0) is 9.84 Å². The Morgan fingerprint density at radius 3 is 2.46 bits per heavy atom. The average molecular weight is 345 g/mol. The van der Waals surface area contributed by atoms with Crippen LogP contribution in [0.3, 0.4) is 0 Å². The molecule has 0 saturated carbocycles. The average Bonchev–Trinajstić information content (AvgIpc) is 3.08. The second-order valence-corrected chi connectivity index (χ2v) is 7.01. The molecule has 3 rings (SSSR count). The van der Waals surface area contributed by atoms with E-state index in [1.54, 1.807) is 6.07 Å². The molecule has 9 nitrogen and oxygen atoms in total. The Morgan fingerprint density at radius 1 is 1.17 bits per heavy atom. The molecule has 1 aromatic carbocycles. The van der Waals surface area contributed by atoms with Gasteiger partial charge in [-0.15, -0.1) is 10.2 Å². The van der Waals surface area contributed by atoms with Gasteiger partial charge in [0.05, 0.1) is 16.2 Å². The maximum Gasteiger partial charge on any atom is 0.335 e. The van der Waals surface area contributed by atoms with Gasteiger partial charge in [-0.1, -0.05) is 0 Å². The Hall–Kier alpha value is -3.14. The van der Waals surface area contributed by atoms with Crippen molar-refractivity contribution in [2.45, 2.75) is 4.90 Å². The lowest BCUT2D eigenvalue weighted by Gasteiger charge is -2.06. The van der Waals surface area contributed by atoms with E-state index >= 15 is 0 Å². The molecular weight excluding hydrogens is 334 g/mol. The number of hydrogen-bond acceptors (Lipinski definition) is 7. The normalized spacial score (nSPS) is 11.4. The van der Waals surface area contributed by atoms with E-state index < -0.39 is 15.8 Å². The summed E-state index contributed by atoms with van der Waals surface area (Å²) in [6.45, 7) is 0. The SMILES string of the molecule is CS(=O)(=O)c1ccc(-c2cc(C(=O)O)cc(-c3nn[nH]n3)c2)nc1. The highest BCUT2D eigenvalue weighted by molar-refractivity contribution is 7.90. The van der Waals surface area contributed by atoms with Crippen molar-refractivity contribution in [1.29, 1.82) is 0 Å². The van der Waals surface area contributed by atoms with Gasteiger partial charge in [-0.25, -0.2) is 13.2 Å². The number of pyridine rings is 1. The van der Waals surface area contributed by atoms with Gasteiger partial charge in [-0.2, -0.15) is 5.21 Å². The Balaban J connectivity index is 2.12. The van der Waals surface area contributed by atoms with Crippen LogP contribution in [0.4, 0.5) is 0 Å². The number of hydrogen-bond donors (Lipinski definition) is 2. The molecule has 0 radical (unpaired) electrons. The molecule has 0 amide bonds. The van der Waals surface area contributed by atoms with Gasteiger partial charge < -0.3 is 5.11 Å². The van der Waals surface area contributed by atoms with Crippen LogP contribution in [0.1, 0.15) is 10.4 Å². The molecule has 2 N–H and O–H groups in total. The number of carboxylic acids is 1. The Labute approximate surface area is 136 Å². The van der Waals surface area contributed by atoms with Crippen LogP contribution in [-0.4, -0.2) is 51.4 Å². The van der Waals surface area contributed by atoms with Crippen LogP contribution < -0.4 is 0 Å². The number of carboxylic acid groups (broad SMARTS) is 1. The molecule has 0 aliphatic heterocycles.